The number of nitrogens with zero attached hydrogens (tertiary/aromatic N) is 3. The molecule has 4 nitrogen and oxygen atoms in total. The quantitative estimate of drug-likeness (QED) is 0.856. The van der Waals surface area contributed by atoms with Gasteiger partial charge in [-0.15, -0.1) is 11.3 Å². The lowest BCUT2D eigenvalue weighted by Crippen LogP contribution is -2.12. The SMILES string of the molecule is Nc1cc(Sc2nccs2)nc(C(F)(F)F)n1. The summed E-state index contributed by atoms with van der Waals surface area (Å²) in [5, 5.41) is 1.84. The van der Waals surface area contributed by atoms with Gasteiger partial charge in [-0.25, -0.2) is 15.0 Å². The third-order valence-corrected chi connectivity index (χ3v) is 3.38. The Bertz CT molecular complexity index is 512. The number of aromatic nitrogens is 3. The van der Waals surface area contributed by atoms with Crippen LogP contribution in [0.2, 0.25) is 0 Å². The summed E-state index contributed by atoms with van der Waals surface area (Å²) in [5.74, 6) is -1.46. The Labute approximate surface area is 102 Å². The Hall–Kier alpha value is -1.35. The van der Waals surface area contributed by atoms with Gasteiger partial charge in [0.2, 0.25) is 5.82 Å². The van der Waals surface area contributed by atoms with E-state index in [2.05, 4.69) is 15.0 Å². The standard InChI is InChI=1S/C8H5F3N4S2/c9-8(10,11)6-14-4(12)3-5(15-6)17-7-13-1-2-16-7/h1-3H,(H2,12,14,15). The molecule has 0 fully saturated rings. The molecule has 90 valence electrons. The molecule has 2 heterocycles. The molecule has 0 aliphatic rings. The van der Waals surface area contributed by atoms with Crippen molar-refractivity contribution in [2.24, 2.45) is 0 Å². The maximum atomic E-state index is 12.4. The van der Waals surface area contributed by atoms with Gasteiger partial charge in [-0.1, -0.05) is 0 Å². The summed E-state index contributed by atoms with van der Waals surface area (Å²) < 4.78 is 37.9. The summed E-state index contributed by atoms with van der Waals surface area (Å²) in [6, 6.07) is 1.28. The number of hydrogen-bond donors (Lipinski definition) is 1. The molecular formula is C8H5F3N4S2. The molecule has 17 heavy (non-hydrogen) atoms. The van der Waals surface area contributed by atoms with Gasteiger partial charge in [0.25, 0.3) is 0 Å². The highest BCUT2D eigenvalue weighted by Gasteiger charge is 2.35. The molecular weight excluding hydrogens is 273 g/mol. The number of halogens is 3. The topological polar surface area (TPSA) is 64.7 Å². The van der Waals surface area contributed by atoms with Crippen molar-refractivity contribution in [2.75, 3.05) is 5.73 Å². The van der Waals surface area contributed by atoms with Gasteiger partial charge in [0.1, 0.15) is 10.8 Å². The molecule has 0 atom stereocenters. The van der Waals surface area contributed by atoms with Crippen LogP contribution >= 0.6 is 23.1 Å². The smallest absolute Gasteiger partial charge is 0.384 e. The minimum absolute atomic E-state index is 0.125. The maximum Gasteiger partial charge on any atom is 0.451 e. The number of thiazole rings is 1. The predicted octanol–water partition coefficient (Wildman–Crippen LogP) is 2.69. The van der Waals surface area contributed by atoms with E-state index in [1.165, 1.54) is 17.4 Å². The van der Waals surface area contributed by atoms with E-state index in [0.29, 0.717) is 4.34 Å². The Morgan fingerprint density at radius 1 is 1.29 bits per heavy atom. The van der Waals surface area contributed by atoms with Crippen LogP contribution in [0, 0.1) is 0 Å². The monoisotopic (exact) mass is 278 g/mol. The van der Waals surface area contributed by atoms with Crippen molar-refractivity contribution in [2.45, 2.75) is 15.5 Å². The van der Waals surface area contributed by atoms with E-state index in [0.717, 1.165) is 11.8 Å². The van der Waals surface area contributed by atoms with Crippen molar-refractivity contribution in [3.63, 3.8) is 0 Å². The lowest BCUT2D eigenvalue weighted by atomic mass is 10.5. The number of nitrogen functional groups attached to an aromatic ring is 1. The first-order valence-corrected chi connectivity index (χ1v) is 5.94. The Morgan fingerprint density at radius 3 is 2.65 bits per heavy atom. The number of hydrogen-bond acceptors (Lipinski definition) is 6. The zero-order valence-electron chi connectivity index (χ0n) is 8.10. The Balaban J connectivity index is 2.32. The molecule has 2 rings (SSSR count). The van der Waals surface area contributed by atoms with Crippen molar-refractivity contribution in [3.8, 4) is 0 Å². The molecule has 0 spiro atoms. The van der Waals surface area contributed by atoms with E-state index < -0.39 is 12.0 Å². The third-order valence-electron chi connectivity index (χ3n) is 1.58. The fourth-order valence-electron chi connectivity index (χ4n) is 0.972. The van der Waals surface area contributed by atoms with Crippen LogP contribution in [0.3, 0.4) is 0 Å². The first-order valence-electron chi connectivity index (χ1n) is 4.24. The summed E-state index contributed by atoms with van der Waals surface area (Å²) in [7, 11) is 0. The van der Waals surface area contributed by atoms with Crippen molar-refractivity contribution < 1.29 is 13.2 Å². The summed E-state index contributed by atoms with van der Waals surface area (Å²) in [6.07, 6.45) is -3.05. The number of anilines is 1. The van der Waals surface area contributed by atoms with E-state index in [1.54, 1.807) is 11.6 Å². The molecule has 2 aromatic rings. The lowest BCUT2D eigenvalue weighted by molar-refractivity contribution is -0.145. The summed E-state index contributed by atoms with van der Waals surface area (Å²) in [6.45, 7) is 0. The Kier molecular flexibility index (Phi) is 3.20. The van der Waals surface area contributed by atoms with Crippen LogP contribution in [-0.2, 0) is 6.18 Å². The van der Waals surface area contributed by atoms with Crippen molar-refractivity contribution in [1.29, 1.82) is 0 Å². The largest absolute Gasteiger partial charge is 0.451 e. The summed E-state index contributed by atoms with van der Waals surface area (Å²) in [4.78, 5) is 10.5. The van der Waals surface area contributed by atoms with Gasteiger partial charge in [0.15, 0.2) is 4.34 Å². The first kappa shape index (κ1) is 12.1. The van der Waals surface area contributed by atoms with Crippen LogP contribution in [-0.4, -0.2) is 15.0 Å². The van der Waals surface area contributed by atoms with Gasteiger partial charge >= 0.3 is 6.18 Å². The minimum atomic E-state index is -4.60. The Morgan fingerprint density at radius 2 is 2.06 bits per heavy atom. The molecule has 0 bridgehead atoms. The van der Waals surface area contributed by atoms with E-state index in [4.69, 9.17) is 5.73 Å². The third kappa shape index (κ3) is 3.07. The van der Waals surface area contributed by atoms with Crippen LogP contribution < -0.4 is 5.73 Å². The molecule has 0 radical (unpaired) electrons. The van der Waals surface area contributed by atoms with Crippen LogP contribution in [0.5, 0.6) is 0 Å². The highest BCUT2D eigenvalue weighted by atomic mass is 32.2. The number of rotatable bonds is 2. The first-order chi connectivity index (χ1) is 7.95. The molecule has 0 aliphatic heterocycles. The highest BCUT2D eigenvalue weighted by molar-refractivity contribution is 8.01. The van der Waals surface area contributed by atoms with Crippen LogP contribution in [0.4, 0.5) is 19.0 Å². The van der Waals surface area contributed by atoms with Gasteiger partial charge in [0, 0.05) is 17.6 Å². The summed E-state index contributed by atoms with van der Waals surface area (Å²) >= 11 is 2.32. The van der Waals surface area contributed by atoms with Crippen molar-refractivity contribution in [3.05, 3.63) is 23.5 Å². The highest BCUT2D eigenvalue weighted by Crippen LogP contribution is 2.32. The van der Waals surface area contributed by atoms with Crippen LogP contribution in [0.15, 0.2) is 27.0 Å². The molecule has 2 aromatic heterocycles. The van der Waals surface area contributed by atoms with Crippen LogP contribution in [0.25, 0.3) is 0 Å². The fourth-order valence-corrected chi connectivity index (χ4v) is 2.55. The fraction of sp³-hybridized carbons (Fsp3) is 0.125. The second kappa shape index (κ2) is 4.49. The van der Waals surface area contributed by atoms with Gasteiger partial charge in [-0.2, -0.15) is 13.2 Å². The minimum Gasteiger partial charge on any atom is -0.384 e. The molecule has 0 saturated heterocycles. The average Bonchev–Trinajstić information content (AvgIpc) is 2.68. The van der Waals surface area contributed by atoms with Gasteiger partial charge in [0.05, 0.1) is 0 Å². The average molecular weight is 278 g/mol. The second-order valence-electron chi connectivity index (χ2n) is 2.85. The number of nitrogens with two attached hydrogens (primary N) is 1. The molecule has 0 aliphatic carbocycles. The van der Waals surface area contributed by atoms with Gasteiger partial charge in [-0.05, 0) is 11.8 Å². The molecule has 2 N–H and O–H groups in total. The van der Waals surface area contributed by atoms with Crippen molar-refractivity contribution >= 4 is 28.9 Å². The molecule has 0 aromatic carbocycles. The predicted molar refractivity (Wildman–Crippen MR) is 57.7 cm³/mol. The van der Waals surface area contributed by atoms with Gasteiger partial charge in [-0.3, -0.25) is 0 Å². The maximum absolute atomic E-state index is 12.4. The van der Waals surface area contributed by atoms with E-state index >= 15 is 0 Å². The van der Waals surface area contributed by atoms with E-state index in [-0.39, 0.29) is 10.8 Å². The molecule has 0 unspecified atom stereocenters. The van der Waals surface area contributed by atoms with E-state index in [1.807, 2.05) is 0 Å². The molecule has 0 amide bonds. The van der Waals surface area contributed by atoms with E-state index in [9.17, 15) is 13.2 Å². The van der Waals surface area contributed by atoms with Crippen LogP contribution in [0.1, 0.15) is 5.82 Å². The number of alkyl halides is 3. The zero-order chi connectivity index (χ0) is 12.5. The van der Waals surface area contributed by atoms with Crippen molar-refractivity contribution in [1.82, 2.24) is 15.0 Å². The second-order valence-corrected chi connectivity index (χ2v) is 5.01. The lowest BCUT2D eigenvalue weighted by Gasteiger charge is -2.06. The zero-order valence-corrected chi connectivity index (χ0v) is 9.73. The molecule has 0 saturated carbocycles. The van der Waals surface area contributed by atoms with Gasteiger partial charge < -0.3 is 5.73 Å². The normalized spacial score (nSPS) is 11.7. The molecule has 9 heteroatoms. The summed E-state index contributed by atoms with van der Waals surface area (Å²) in [5.41, 5.74) is 5.30.